The monoisotopic (exact) mass is 398 g/mol. The molecule has 3 aromatic rings. The molecule has 1 aromatic carbocycles. The van der Waals surface area contributed by atoms with E-state index in [1.165, 1.54) is 28.6 Å². The predicted octanol–water partition coefficient (Wildman–Crippen LogP) is 4.52. The van der Waals surface area contributed by atoms with E-state index >= 15 is 0 Å². The number of thiophene rings is 1. The lowest BCUT2D eigenvalue weighted by molar-refractivity contribution is -0.115. The smallest absolute Gasteiger partial charge is 0.237 e. The minimum Gasteiger partial charge on any atom is -0.383 e. The summed E-state index contributed by atoms with van der Waals surface area (Å²) >= 11 is 3.06. The van der Waals surface area contributed by atoms with Crippen LogP contribution in [-0.2, 0) is 17.6 Å². The van der Waals surface area contributed by atoms with Crippen molar-refractivity contribution in [2.45, 2.75) is 43.5 Å². The normalized spacial score (nSPS) is 17.5. The largest absolute Gasteiger partial charge is 0.383 e. The van der Waals surface area contributed by atoms with Gasteiger partial charge < -0.3 is 11.1 Å². The van der Waals surface area contributed by atoms with Crippen molar-refractivity contribution in [3.8, 4) is 0 Å². The van der Waals surface area contributed by atoms with E-state index in [-0.39, 0.29) is 11.2 Å². The molecule has 3 N–H and O–H groups in total. The highest BCUT2D eigenvalue weighted by molar-refractivity contribution is 8.00. The maximum absolute atomic E-state index is 12.4. The molecule has 0 saturated carbocycles. The first-order valence-electron chi connectivity index (χ1n) is 9.11. The third kappa shape index (κ3) is 3.80. The molecule has 27 heavy (non-hydrogen) atoms. The van der Waals surface area contributed by atoms with Gasteiger partial charge in [0.05, 0.1) is 10.6 Å². The van der Waals surface area contributed by atoms with Crippen molar-refractivity contribution < 1.29 is 4.79 Å². The number of hydrogen-bond donors (Lipinski definition) is 2. The summed E-state index contributed by atoms with van der Waals surface area (Å²) in [6.07, 6.45) is 3.33. The SMILES string of the molecule is C[C@@H]1CCc2c(sc3nc(S[C@@H](C)C(=O)Nc4ccccc4)nc(N)c23)C1. The van der Waals surface area contributed by atoms with Gasteiger partial charge in [-0.2, -0.15) is 0 Å². The van der Waals surface area contributed by atoms with Gasteiger partial charge >= 0.3 is 0 Å². The number of nitrogen functional groups attached to an aromatic ring is 1. The number of amides is 1. The Hall–Kier alpha value is -2.12. The number of thioether (sulfide) groups is 1. The number of carbonyl (C=O) groups is 1. The van der Waals surface area contributed by atoms with Crippen LogP contribution >= 0.6 is 23.1 Å². The highest BCUT2D eigenvalue weighted by atomic mass is 32.2. The lowest BCUT2D eigenvalue weighted by atomic mass is 9.89. The fourth-order valence-corrected chi connectivity index (χ4v) is 5.61. The molecule has 0 bridgehead atoms. The first-order valence-corrected chi connectivity index (χ1v) is 10.8. The lowest BCUT2D eigenvalue weighted by Gasteiger charge is -2.17. The first-order chi connectivity index (χ1) is 13.0. The van der Waals surface area contributed by atoms with Gasteiger partial charge in [0.25, 0.3) is 0 Å². The number of para-hydroxylation sites is 1. The predicted molar refractivity (Wildman–Crippen MR) is 113 cm³/mol. The molecule has 2 aromatic heterocycles. The van der Waals surface area contributed by atoms with Crippen LogP contribution in [0.1, 0.15) is 30.7 Å². The minimum absolute atomic E-state index is 0.0761. The van der Waals surface area contributed by atoms with E-state index in [9.17, 15) is 4.79 Å². The molecule has 4 rings (SSSR count). The molecule has 0 spiro atoms. The number of nitrogens with two attached hydrogens (primary N) is 1. The number of anilines is 2. The van der Waals surface area contributed by atoms with Gasteiger partial charge in [-0.1, -0.05) is 36.9 Å². The second-order valence-corrected chi connectivity index (χ2v) is 9.43. The van der Waals surface area contributed by atoms with Gasteiger partial charge in [-0.15, -0.1) is 11.3 Å². The van der Waals surface area contributed by atoms with Crippen molar-refractivity contribution in [2.75, 3.05) is 11.1 Å². The van der Waals surface area contributed by atoms with E-state index in [1.54, 1.807) is 11.3 Å². The summed E-state index contributed by atoms with van der Waals surface area (Å²) in [5.41, 5.74) is 8.39. The first kappa shape index (κ1) is 18.3. The molecule has 1 aliphatic carbocycles. The Morgan fingerprint density at radius 1 is 1.33 bits per heavy atom. The van der Waals surface area contributed by atoms with Crippen LogP contribution in [0.5, 0.6) is 0 Å². The average molecular weight is 399 g/mol. The molecule has 0 fully saturated rings. The zero-order chi connectivity index (χ0) is 19.0. The molecular weight excluding hydrogens is 376 g/mol. The van der Waals surface area contributed by atoms with E-state index in [0.29, 0.717) is 16.9 Å². The highest BCUT2D eigenvalue weighted by Crippen LogP contribution is 2.40. The summed E-state index contributed by atoms with van der Waals surface area (Å²) in [5.74, 6) is 1.16. The van der Waals surface area contributed by atoms with Gasteiger partial charge in [0, 0.05) is 10.6 Å². The van der Waals surface area contributed by atoms with Crippen molar-refractivity contribution in [1.29, 1.82) is 0 Å². The highest BCUT2D eigenvalue weighted by Gasteiger charge is 2.24. The van der Waals surface area contributed by atoms with Crippen LogP contribution in [0.2, 0.25) is 0 Å². The third-order valence-electron chi connectivity index (χ3n) is 4.86. The summed E-state index contributed by atoms with van der Waals surface area (Å²) in [4.78, 5) is 24.0. The van der Waals surface area contributed by atoms with Gasteiger partial charge in [0.2, 0.25) is 5.91 Å². The molecular formula is C20H22N4OS2. The minimum atomic E-state index is -0.323. The van der Waals surface area contributed by atoms with Crippen molar-refractivity contribution in [3.63, 3.8) is 0 Å². The number of aromatic nitrogens is 2. The second-order valence-electron chi connectivity index (χ2n) is 7.04. The molecule has 0 unspecified atom stereocenters. The van der Waals surface area contributed by atoms with Gasteiger partial charge in [-0.3, -0.25) is 4.79 Å². The molecule has 1 amide bonds. The van der Waals surface area contributed by atoms with Crippen LogP contribution in [0.4, 0.5) is 11.5 Å². The Morgan fingerprint density at radius 2 is 2.11 bits per heavy atom. The number of carbonyl (C=O) groups excluding carboxylic acids is 1. The van der Waals surface area contributed by atoms with Gasteiger partial charge in [-0.25, -0.2) is 9.97 Å². The fraction of sp³-hybridized carbons (Fsp3) is 0.350. The molecule has 7 heteroatoms. The van der Waals surface area contributed by atoms with Crippen molar-refractivity contribution >= 4 is 50.7 Å². The second kappa shape index (κ2) is 7.48. The lowest BCUT2D eigenvalue weighted by Crippen LogP contribution is -2.22. The fourth-order valence-electron chi connectivity index (χ4n) is 3.38. The Balaban J connectivity index is 1.54. The molecule has 0 radical (unpaired) electrons. The number of fused-ring (bicyclic) bond motifs is 3. The molecule has 2 atom stereocenters. The number of nitrogens with zero attached hydrogens (tertiary/aromatic N) is 2. The molecule has 1 aliphatic rings. The quantitative estimate of drug-likeness (QED) is 0.499. The van der Waals surface area contributed by atoms with Crippen LogP contribution in [-0.4, -0.2) is 21.1 Å². The molecule has 2 heterocycles. The molecule has 0 aliphatic heterocycles. The zero-order valence-corrected chi connectivity index (χ0v) is 17.0. The van der Waals surface area contributed by atoms with Crippen molar-refractivity contribution in [3.05, 3.63) is 40.8 Å². The maximum Gasteiger partial charge on any atom is 0.237 e. The Morgan fingerprint density at radius 3 is 2.89 bits per heavy atom. The van der Waals surface area contributed by atoms with E-state index in [0.717, 1.165) is 28.7 Å². The van der Waals surface area contributed by atoms with E-state index in [4.69, 9.17) is 10.7 Å². The molecule has 0 saturated heterocycles. The van der Waals surface area contributed by atoms with Gasteiger partial charge in [0.15, 0.2) is 5.16 Å². The van der Waals surface area contributed by atoms with Crippen LogP contribution < -0.4 is 11.1 Å². The summed E-state index contributed by atoms with van der Waals surface area (Å²) in [6.45, 7) is 4.14. The van der Waals surface area contributed by atoms with Crippen molar-refractivity contribution in [1.82, 2.24) is 9.97 Å². The summed E-state index contributed by atoms with van der Waals surface area (Å²) < 4.78 is 0. The Kier molecular flexibility index (Phi) is 5.06. The number of benzene rings is 1. The van der Waals surface area contributed by atoms with E-state index < -0.39 is 0 Å². The standard InChI is InChI=1S/C20H22N4OS2/c1-11-8-9-14-15(10-11)27-19-16(14)17(21)23-20(24-19)26-12(2)18(25)22-13-6-4-3-5-7-13/h3-7,11-12H,8-10H2,1-2H3,(H,22,25)(H2,21,23,24)/t11-,12+/m1/s1. The number of hydrogen-bond acceptors (Lipinski definition) is 6. The van der Waals surface area contributed by atoms with E-state index in [2.05, 4.69) is 17.2 Å². The van der Waals surface area contributed by atoms with Gasteiger partial charge in [0.1, 0.15) is 10.6 Å². The van der Waals surface area contributed by atoms with E-state index in [1.807, 2.05) is 37.3 Å². The number of aryl methyl sites for hydroxylation is 1. The van der Waals surface area contributed by atoms with Crippen molar-refractivity contribution in [2.24, 2.45) is 5.92 Å². The number of nitrogens with one attached hydrogen (secondary N) is 1. The van der Waals surface area contributed by atoms with Crippen LogP contribution in [0.15, 0.2) is 35.5 Å². The molecule has 5 nitrogen and oxygen atoms in total. The van der Waals surface area contributed by atoms with Crippen LogP contribution in [0.3, 0.4) is 0 Å². The van der Waals surface area contributed by atoms with Crippen LogP contribution in [0, 0.1) is 5.92 Å². The zero-order valence-electron chi connectivity index (χ0n) is 15.4. The summed E-state index contributed by atoms with van der Waals surface area (Å²) in [7, 11) is 0. The third-order valence-corrected chi connectivity index (χ3v) is 6.96. The number of rotatable bonds is 4. The van der Waals surface area contributed by atoms with Crippen LogP contribution in [0.25, 0.3) is 10.2 Å². The summed E-state index contributed by atoms with van der Waals surface area (Å²) in [5, 5.41) is 4.17. The maximum atomic E-state index is 12.4. The summed E-state index contributed by atoms with van der Waals surface area (Å²) in [6, 6.07) is 9.44. The average Bonchev–Trinajstić information content (AvgIpc) is 3.00. The Bertz CT molecular complexity index is 987. The topological polar surface area (TPSA) is 80.9 Å². The Labute approximate surface area is 166 Å². The molecule has 140 valence electrons. The van der Waals surface area contributed by atoms with Gasteiger partial charge in [-0.05, 0) is 49.8 Å².